The van der Waals surface area contributed by atoms with Crippen molar-refractivity contribution in [1.82, 2.24) is 10.1 Å². The minimum atomic E-state index is 0.329. The van der Waals surface area contributed by atoms with E-state index in [1.54, 1.807) is 0 Å². The molecule has 0 atom stereocenters. The second-order valence-corrected chi connectivity index (χ2v) is 4.88. The Labute approximate surface area is 100 Å². The number of amides is 1. The Morgan fingerprint density at radius 2 is 2.06 bits per heavy atom. The first-order valence-corrected chi connectivity index (χ1v) is 6.21. The summed E-state index contributed by atoms with van der Waals surface area (Å²) in [5.41, 5.74) is 0. The van der Waals surface area contributed by atoms with E-state index in [9.17, 15) is 4.79 Å². The molecule has 3 rings (SSSR count). The zero-order valence-corrected chi connectivity index (χ0v) is 10.1. The highest BCUT2D eigenvalue weighted by Crippen LogP contribution is 2.31. The lowest BCUT2D eigenvalue weighted by molar-refractivity contribution is -0.132. The molecule has 5 nitrogen and oxygen atoms in total. The maximum atomic E-state index is 11.9. The molecule has 2 aliphatic rings. The number of aromatic nitrogens is 1. The van der Waals surface area contributed by atoms with E-state index < -0.39 is 0 Å². The summed E-state index contributed by atoms with van der Waals surface area (Å²) in [4.78, 5) is 16.0. The van der Waals surface area contributed by atoms with Crippen molar-refractivity contribution < 1.29 is 9.32 Å². The second-order valence-electron chi connectivity index (χ2n) is 4.88. The van der Waals surface area contributed by atoms with Crippen molar-refractivity contribution in [3.05, 3.63) is 11.8 Å². The van der Waals surface area contributed by atoms with Crippen molar-refractivity contribution >= 4 is 11.7 Å². The Hall–Kier alpha value is -1.52. The highest BCUT2D eigenvalue weighted by molar-refractivity contribution is 5.81. The van der Waals surface area contributed by atoms with Crippen LogP contribution in [0.15, 0.2) is 10.6 Å². The van der Waals surface area contributed by atoms with Crippen molar-refractivity contribution in [2.75, 3.05) is 31.1 Å². The highest BCUT2D eigenvalue weighted by Gasteiger charge is 2.34. The van der Waals surface area contributed by atoms with Gasteiger partial charge in [-0.3, -0.25) is 4.79 Å². The van der Waals surface area contributed by atoms with Crippen LogP contribution in [0.5, 0.6) is 0 Å². The first kappa shape index (κ1) is 10.6. The van der Waals surface area contributed by atoms with Gasteiger partial charge in [-0.15, -0.1) is 0 Å². The van der Waals surface area contributed by atoms with Gasteiger partial charge in [0.05, 0.1) is 0 Å². The van der Waals surface area contributed by atoms with Gasteiger partial charge in [0.1, 0.15) is 5.76 Å². The summed E-state index contributed by atoms with van der Waals surface area (Å²) >= 11 is 0. The van der Waals surface area contributed by atoms with Gasteiger partial charge < -0.3 is 14.3 Å². The number of hydrogen-bond acceptors (Lipinski definition) is 4. The van der Waals surface area contributed by atoms with Crippen LogP contribution in [0.2, 0.25) is 0 Å². The summed E-state index contributed by atoms with van der Waals surface area (Å²) < 4.78 is 5.07. The molecule has 1 aromatic heterocycles. The molecule has 2 heterocycles. The van der Waals surface area contributed by atoms with Gasteiger partial charge in [0.25, 0.3) is 0 Å². The summed E-state index contributed by atoms with van der Waals surface area (Å²) in [7, 11) is 0. The quantitative estimate of drug-likeness (QED) is 0.768. The summed E-state index contributed by atoms with van der Waals surface area (Å²) in [5.74, 6) is 2.40. The first-order valence-electron chi connectivity index (χ1n) is 6.21. The van der Waals surface area contributed by atoms with Crippen LogP contribution in [0.25, 0.3) is 0 Å². The SMILES string of the molecule is Cc1cc(N2CCN(C(=O)C3CC3)CC2)no1. The molecule has 2 fully saturated rings. The van der Waals surface area contributed by atoms with Gasteiger partial charge in [-0.1, -0.05) is 5.16 Å². The van der Waals surface area contributed by atoms with Gasteiger partial charge in [-0.25, -0.2) is 0 Å². The maximum Gasteiger partial charge on any atom is 0.225 e. The summed E-state index contributed by atoms with van der Waals surface area (Å²) in [6.45, 7) is 5.21. The van der Waals surface area contributed by atoms with Crippen molar-refractivity contribution in [3.8, 4) is 0 Å². The molecular formula is C12H17N3O2. The normalized spacial score (nSPS) is 20.8. The first-order chi connectivity index (χ1) is 8.24. The molecule has 0 spiro atoms. The van der Waals surface area contributed by atoms with Crippen molar-refractivity contribution in [2.24, 2.45) is 5.92 Å². The van der Waals surface area contributed by atoms with E-state index in [2.05, 4.69) is 10.1 Å². The van der Waals surface area contributed by atoms with Crippen LogP contribution in [0.1, 0.15) is 18.6 Å². The molecule has 0 N–H and O–H groups in total. The molecule has 0 aromatic carbocycles. The van der Waals surface area contributed by atoms with E-state index >= 15 is 0 Å². The largest absolute Gasteiger partial charge is 0.360 e. The van der Waals surface area contributed by atoms with E-state index in [0.717, 1.165) is 50.6 Å². The number of anilines is 1. The summed E-state index contributed by atoms with van der Waals surface area (Å²) in [5, 5.41) is 4.00. The predicted molar refractivity (Wildman–Crippen MR) is 62.8 cm³/mol. The van der Waals surface area contributed by atoms with Gasteiger partial charge in [0.15, 0.2) is 5.82 Å². The molecule has 1 aliphatic carbocycles. The lowest BCUT2D eigenvalue weighted by Gasteiger charge is -2.34. The summed E-state index contributed by atoms with van der Waals surface area (Å²) in [6.07, 6.45) is 2.17. The molecule has 17 heavy (non-hydrogen) atoms. The number of nitrogens with zero attached hydrogens (tertiary/aromatic N) is 3. The topological polar surface area (TPSA) is 49.6 Å². The van der Waals surface area contributed by atoms with Gasteiger partial charge in [0.2, 0.25) is 5.91 Å². The van der Waals surface area contributed by atoms with Gasteiger partial charge >= 0.3 is 0 Å². The van der Waals surface area contributed by atoms with Crippen molar-refractivity contribution in [1.29, 1.82) is 0 Å². The van der Waals surface area contributed by atoms with Crippen LogP contribution < -0.4 is 4.90 Å². The van der Waals surface area contributed by atoms with Gasteiger partial charge in [0, 0.05) is 38.2 Å². The van der Waals surface area contributed by atoms with E-state index in [1.165, 1.54) is 0 Å². The molecule has 1 amide bonds. The van der Waals surface area contributed by atoms with Crippen LogP contribution in [0.4, 0.5) is 5.82 Å². The van der Waals surface area contributed by atoms with Crippen LogP contribution in [-0.4, -0.2) is 42.1 Å². The Bertz CT molecular complexity index is 417. The number of carbonyl (C=O) groups excluding carboxylic acids is 1. The van der Waals surface area contributed by atoms with Gasteiger partial charge in [-0.05, 0) is 19.8 Å². The summed E-state index contributed by atoms with van der Waals surface area (Å²) in [6, 6.07) is 1.94. The molecule has 5 heteroatoms. The minimum absolute atomic E-state index is 0.329. The number of hydrogen-bond donors (Lipinski definition) is 0. The van der Waals surface area contributed by atoms with E-state index in [0.29, 0.717) is 11.8 Å². The zero-order valence-electron chi connectivity index (χ0n) is 10.1. The average molecular weight is 235 g/mol. The van der Waals surface area contributed by atoms with Crippen LogP contribution in [-0.2, 0) is 4.79 Å². The zero-order chi connectivity index (χ0) is 11.8. The smallest absolute Gasteiger partial charge is 0.225 e. The second kappa shape index (κ2) is 4.05. The Morgan fingerprint density at radius 1 is 1.35 bits per heavy atom. The fourth-order valence-electron chi connectivity index (χ4n) is 2.25. The highest BCUT2D eigenvalue weighted by atomic mass is 16.5. The van der Waals surface area contributed by atoms with Crippen molar-refractivity contribution in [3.63, 3.8) is 0 Å². The lowest BCUT2D eigenvalue weighted by Crippen LogP contribution is -2.49. The Kier molecular flexibility index (Phi) is 2.53. The number of piperazine rings is 1. The fourth-order valence-corrected chi connectivity index (χ4v) is 2.25. The third-order valence-corrected chi connectivity index (χ3v) is 3.46. The standard InChI is InChI=1S/C12H17N3O2/c1-9-8-11(13-17-9)14-4-6-15(7-5-14)12(16)10-2-3-10/h8,10H,2-7H2,1H3. The number of rotatable bonds is 2. The van der Waals surface area contributed by atoms with Crippen LogP contribution in [0.3, 0.4) is 0 Å². The fraction of sp³-hybridized carbons (Fsp3) is 0.667. The van der Waals surface area contributed by atoms with E-state index in [1.807, 2.05) is 17.9 Å². The third-order valence-electron chi connectivity index (χ3n) is 3.46. The third kappa shape index (κ3) is 2.14. The monoisotopic (exact) mass is 235 g/mol. The van der Waals surface area contributed by atoms with Crippen LogP contribution >= 0.6 is 0 Å². The van der Waals surface area contributed by atoms with Crippen LogP contribution in [0, 0.1) is 12.8 Å². The van der Waals surface area contributed by atoms with Crippen molar-refractivity contribution in [2.45, 2.75) is 19.8 Å². The number of carbonyl (C=O) groups is 1. The molecule has 1 saturated heterocycles. The molecule has 1 aromatic rings. The predicted octanol–water partition coefficient (Wildman–Crippen LogP) is 1.04. The molecule has 1 saturated carbocycles. The Morgan fingerprint density at radius 3 is 2.59 bits per heavy atom. The molecule has 1 aliphatic heterocycles. The molecule has 0 bridgehead atoms. The minimum Gasteiger partial charge on any atom is -0.360 e. The molecule has 0 radical (unpaired) electrons. The van der Waals surface area contributed by atoms with E-state index in [4.69, 9.17) is 4.52 Å². The molecule has 92 valence electrons. The van der Waals surface area contributed by atoms with Gasteiger partial charge in [-0.2, -0.15) is 0 Å². The lowest BCUT2D eigenvalue weighted by atomic mass is 10.2. The average Bonchev–Trinajstić information content (AvgIpc) is 3.11. The number of aryl methyl sites for hydroxylation is 1. The van der Waals surface area contributed by atoms with E-state index in [-0.39, 0.29) is 0 Å². The maximum absolute atomic E-state index is 11.9. The Balaban J connectivity index is 1.58. The molecular weight excluding hydrogens is 218 g/mol. The molecule has 0 unspecified atom stereocenters.